The number of aromatic nitrogens is 3. The number of pyridine rings is 1. The van der Waals surface area contributed by atoms with Gasteiger partial charge in [-0.2, -0.15) is 5.10 Å². The number of para-hydroxylation sites is 1. The smallest absolute Gasteiger partial charge is 0.193 e. The normalized spacial score (nSPS) is 15.7. The highest BCUT2D eigenvalue weighted by molar-refractivity contribution is 5.80. The van der Waals surface area contributed by atoms with Gasteiger partial charge in [-0.15, -0.1) is 0 Å². The lowest BCUT2D eigenvalue weighted by Gasteiger charge is -2.04. The molecule has 4 heteroatoms. The summed E-state index contributed by atoms with van der Waals surface area (Å²) in [6, 6.07) is 11.7. The Morgan fingerprint density at radius 1 is 1.18 bits per heavy atom. The Morgan fingerprint density at radius 3 is 2.64 bits per heavy atom. The van der Waals surface area contributed by atoms with Crippen molar-refractivity contribution in [3.05, 3.63) is 58.0 Å². The SMILES string of the molecule is Cc1cc(=O)c2c(C3CCCC3)nn(-c3ccccc3)c2[nH]1. The molecule has 1 fully saturated rings. The molecule has 1 N–H and O–H groups in total. The van der Waals surface area contributed by atoms with Crippen LogP contribution in [0.5, 0.6) is 0 Å². The zero-order chi connectivity index (χ0) is 15.1. The second kappa shape index (κ2) is 5.13. The van der Waals surface area contributed by atoms with Crippen LogP contribution >= 0.6 is 0 Å². The van der Waals surface area contributed by atoms with Gasteiger partial charge >= 0.3 is 0 Å². The quantitative estimate of drug-likeness (QED) is 0.783. The molecule has 1 aromatic carbocycles. The van der Waals surface area contributed by atoms with Gasteiger partial charge in [-0.3, -0.25) is 4.79 Å². The van der Waals surface area contributed by atoms with Gasteiger partial charge in [-0.05, 0) is 31.9 Å². The van der Waals surface area contributed by atoms with E-state index in [2.05, 4.69) is 4.98 Å². The molecule has 0 amide bonds. The van der Waals surface area contributed by atoms with Crippen LogP contribution in [0.4, 0.5) is 0 Å². The minimum absolute atomic E-state index is 0.0790. The highest BCUT2D eigenvalue weighted by Crippen LogP contribution is 2.36. The van der Waals surface area contributed by atoms with Gasteiger partial charge in [0.15, 0.2) is 5.43 Å². The molecule has 0 saturated heterocycles. The van der Waals surface area contributed by atoms with Crippen molar-refractivity contribution >= 4 is 11.0 Å². The Bertz CT molecular complexity index is 870. The third-order valence-electron chi connectivity index (χ3n) is 4.56. The zero-order valence-electron chi connectivity index (χ0n) is 12.7. The minimum atomic E-state index is 0.0790. The van der Waals surface area contributed by atoms with E-state index in [1.54, 1.807) is 6.07 Å². The molecule has 0 unspecified atom stereocenters. The van der Waals surface area contributed by atoms with Crippen molar-refractivity contribution in [1.82, 2.24) is 14.8 Å². The lowest BCUT2D eigenvalue weighted by atomic mass is 10.0. The summed E-state index contributed by atoms with van der Waals surface area (Å²) in [5.74, 6) is 0.413. The number of benzene rings is 1. The van der Waals surface area contributed by atoms with Gasteiger partial charge in [0.1, 0.15) is 5.65 Å². The second-order valence-electron chi connectivity index (χ2n) is 6.15. The highest BCUT2D eigenvalue weighted by atomic mass is 16.1. The molecule has 2 aromatic heterocycles. The Balaban J connectivity index is 2.03. The summed E-state index contributed by atoms with van der Waals surface area (Å²) in [5, 5.41) is 5.59. The average Bonchev–Trinajstić information content (AvgIpc) is 3.15. The van der Waals surface area contributed by atoms with Crippen LogP contribution in [0, 0.1) is 6.92 Å². The fourth-order valence-electron chi connectivity index (χ4n) is 3.53. The summed E-state index contributed by atoms with van der Waals surface area (Å²) in [6.45, 7) is 1.92. The fraction of sp³-hybridized carbons (Fsp3) is 0.333. The first-order valence-electron chi connectivity index (χ1n) is 7.92. The average molecular weight is 293 g/mol. The summed E-state index contributed by atoms with van der Waals surface area (Å²) >= 11 is 0. The van der Waals surface area contributed by atoms with Crippen LogP contribution in [0.3, 0.4) is 0 Å². The molecule has 1 saturated carbocycles. The van der Waals surface area contributed by atoms with Gasteiger partial charge in [-0.25, -0.2) is 4.68 Å². The first-order chi connectivity index (χ1) is 10.7. The highest BCUT2D eigenvalue weighted by Gasteiger charge is 2.25. The molecular weight excluding hydrogens is 274 g/mol. The molecule has 0 atom stereocenters. The Hall–Kier alpha value is -2.36. The molecule has 2 heterocycles. The van der Waals surface area contributed by atoms with Gasteiger partial charge in [0.05, 0.1) is 16.8 Å². The molecule has 4 rings (SSSR count). The fourth-order valence-corrected chi connectivity index (χ4v) is 3.53. The van der Waals surface area contributed by atoms with Crippen molar-refractivity contribution in [2.24, 2.45) is 0 Å². The van der Waals surface area contributed by atoms with Crippen LogP contribution in [0.25, 0.3) is 16.7 Å². The molecule has 0 spiro atoms. The standard InChI is InChI=1S/C18H19N3O/c1-12-11-15(22)16-17(13-7-5-6-8-13)20-21(18(16)19-12)14-9-3-2-4-10-14/h2-4,9-11,13H,5-8H2,1H3,(H,19,22). The number of fused-ring (bicyclic) bond motifs is 1. The number of aryl methyl sites for hydroxylation is 1. The number of rotatable bonds is 2. The third-order valence-corrected chi connectivity index (χ3v) is 4.56. The molecule has 22 heavy (non-hydrogen) atoms. The van der Waals surface area contributed by atoms with Crippen LogP contribution in [0.1, 0.15) is 43.0 Å². The number of aromatic amines is 1. The molecule has 4 nitrogen and oxygen atoms in total. The summed E-state index contributed by atoms with van der Waals surface area (Å²) in [5.41, 5.74) is 3.72. The molecular formula is C18H19N3O. The van der Waals surface area contributed by atoms with Crippen LogP contribution in [-0.2, 0) is 0 Å². The van der Waals surface area contributed by atoms with Crippen molar-refractivity contribution in [3.8, 4) is 5.69 Å². The number of hydrogen-bond acceptors (Lipinski definition) is 2. The summed E-state index contributed by atoms with van der Waals surface area (Å²) < 4.78 is 1.89. The number of H-pyrrole nitrogens is 1. The maximum atomic E-state index is 12.5. The van der Waals surface area contributed by atoms with E-state index in [4.69, 9.17) is 5.10 Å². The van der Waals surface area contributed by atoms with E-state index in [-0.39, 0.29) is 5.43 Å². The van der Waals surface area contributed by atoms with E-state index in [0.29, 0.717) is 5.92 Å². The van der Waals surface area contributed by atoms with Crippen LogP contribution < -0.4 is 5.43 Å². The molecule has 0 radical (unpaired) electrons. The lowest BCUT2D eigenvalue weighted by molar-refractivity contribution is 0.683. The molecule has 112 valence electrons. The van der Waals surface area contributed by atoms with Crippen molar-refractivity contribution < 1.29 is 0 Å². The minimum Gasteiger partial charge on any atom is -0.343 e. The molecule has 1 aliphatic carbocycles. The maximum Gasteiger partial charge on any atom is 0.193 e. The van der Waals surface area contributed by atoms with Crippen molar-refractivity contribution in [2.45, 2.75) is 38.5 Å². The third kappa shape index (κ3) is 2.06. The predicted molar refractivity (Wildman–Crippen MR) is 87.6 cm³/mol. The summed E-state index contributed by atoms with van der Waals surface area (Å²) in [6.07, 6.45) is 4.73. The monoisotopic (exact) mass is 293 g/mol. The molecule has 0 aliphatic heterocycles. The summed E-state index contributed by atoms with van der Waals surface area (Å²) in [7, 11) is 0. The number of nitrogens with zero attached hydrogens (tertiary/aromatic N) is 2. The van der Waals surface area contributed by atoms with Gasteiger partial charge in [0.2, 0.25) is 0 Å². The first-order valence-corrected chi connectivity index (χ1v) is 7.92. The molecule has 1 aliphatic rings. The van der Waals surface area contributed by atoms with Crippen LogP contribution in [0.15, 0.2) is 41.2 Å². The van der Waals surface area contributed by atoms with Gasteiger partial charge < -0.3 is 4.98 Å². The van der Waals surface area contributed by atoms with Crippen molar-refractivity contribution in [1.29, 1.82) is 0 Å². The van der Waals surface area contributed by atoms with Crippen LogP contribution in [-0.4, -0.2) is 14.8 Å². The summed E-state index contributed by atoms with van der Waals surface area (Å²) in [4.78, 5) is 15.9. The number of hydrogen-bond donors (Lipinski definition) is 1. The van der Waals surface area contributed by atoms with E-state index in [1.807, 2.05) is 41.9 Å². The Morgan fingerprint density at radius 2 is 1.91 bits per heavy atom. The zero-order valence-corrected chi connectivity index (χ0v) is 12.7. The van der Waals surface area contributed by atoms with Gasteiger partial charge in [-0.1, -0.05) is 31.0 Å². The lowest BCUT2D eigenvalue weighted by Crippen LogP contribution is -2.06. The molecule has 0 bridgehead atoms. The van der Waals surface area contributed by atoms with E-state index >= 15 is 0 Å². The number of nitrogens with one attached hydrogen (secondary N) is 1. The second-order valence-corrected chi connectivity index (χ2v) is 6.15. The first kappa shape index (κ1) is 13.3. The maximum absolute atomic E-state index is 12.5. The predicted octanol–water partition coefficient (Wildman–Crippen LogP) is 3.68. The van der Waals surface area contributed by atoms with E-state index in [0.717, 1.165) is 41.0 Å². The van der Waals surface area contributed by atoms with Gasteiger partial charge in [0, 0.05) is 17.7 Å². The topological polar surface area (TPSA) is 50.7 Å². The van der Waals surface area contributed by atoms with Gasteiger partial charge in [0.25, 0.3) is 0 Å². The van der Waals surface area contributed by atoms with E-state index in [9.17, 15) is 4.79 Å². The van der Waals surface area contributed by atoms with Crippen molar-refractivity contribution in [3.63, 3.8) is 0 Å². The van der Waals surface area contributed by atoms with E-state index in [1.165, 1.54) is 12.8 Å². The van der Waals surface area contributed by atoms with Crippen molar-refractivity contribution in [2.75, 3.05) is 0 Å². The molecule has 3 aromatic rings. The van der Waals surface area contributed by atoms with E-state index < -0.39 is 0 Å². The Labute approximate surface area is 128 Å². The largest absolute Gasteiger partial charge is 0.343 e. The van der Waals surface area contributed by atoms with Crippen LogP contribution in [0.2, 0.25) is 0 Å². The Kier molecular flexibility index (Phi) is 3.10.